The molecule has 0 unspecified atom stereocenters. The maximum absolute atomic E-state index is 12.5. The zero-order valence-corrected chi connectivity index (χ0v) is 13.1. The second kappa shape index (κ2) is 7.39. The molecule has 0 aliphatic carbocycles. The summed E-state index contributed by atoms with van der Waals surface area (Å²) in [7, 11) is 0. The molecule has 0 atom stereocenters. The molecule has 1 fully saturated rings. The molecule has 0 saturated carbocycles. The van der Waals surface area contributed by atoms with E-state index in [9.17, 15) is 9.59 Å². The summed E-state index contributed by atoms with van der Waals surface area (Å²) in [6.07, 6.45) is 5.55. The highest BCUT2D eigenvalue weighted by molar-refractivity contribution is 5.99. The maximum Gasteiger partial charge on any atom is 0.227 e. The van der Waals surface area contributed by atoms with Crippen molar-refractivity contribution in [2.45, 2.75) is 52.4 Å². The summed E-state index contributed by atoms with van der Waals surface area (Å²) >= 11 is 0. The third kappa shape index (κ3) is 3.72. The average Bonchev–Trinajstić information content (AvgIpc) is 2.93. The van der Waals surface area contributed by atoms with E-state index >= 15 is 0 Å². The lowest BCUT2D eigenvalue weighted by atomic mass is 9.90. The summed E-state index contributed by atoms with van der Waals surface area (Å²) in [6, 6.07) is 7.57. The average molecular weight is 287 g/mol. The van der Waals surface area contributed by atoms with Crippen LogP contribution in [-0.4, -0.2) is 18.2 Å². The van der Waals surface area contributed by atoms with E-state index < -0.39 is 0 Å². The largest absolute Gasteiger partial charge is 0.312 e. The van der Waals surface area contributed by atoms with Crippen molar-refractivity contribution in [2.75, 3.05) is 11.4 Å². The summed E-state index contributed by atoms with van der Waals surface area (Å²) in [5, 5.41) is 0. The Hall–Kier alpha value is -1.64. The zero-order valence-electron chi connectivity index (χ0n) is 13.1. The van der Waals surface area contributed by atoms with E-state index in [0.717, 1.165) is 49.9 Å². The van der Waals surface area contributed by atoms with Crippen LogP contribution in [0.15, 0.2) is 24.3 Å². The van der Waals surface area contributed by atoms with Crippen LogP contribution in [0.3, 0.4) is 0 Å². The van der Waals surface area contributed by atoms with Crippen molar-refractivity contribution in [1.82, 2.24) is 0 Å². The molecule has 1 saturated heterocycles. The van der Waals surface area contributed by atoms with Gasteiger partial charge in [-0.15, -0.1) is 0 Å². The van der Waals surface area contributed by atoms with Gasteiger partial charge in [-0.3, -0.25) is 9.59 Å². The number of hydrogen-bond donors (Lipinski definition) is 0. The van der Waals surface area contributed by atoms with E-state index in [0.29, 0.717) is 6.42 Å². The standard InChI is InChI=1S/C18H25NO2/c1-3-6-14(7-4-2)18(21)15-9-11-16(12-10-15)19-13-5-8-17(19)20/h9-12,14H,3-8,13H2,1-2H3. The van der Waals surface area contributed by atoms with Crippen LogP contribution >= 0.6 is 0 Å². The molecule has 1 aromatic rings. The summed E-state index contributed by atoms with van der Waals surface area (Å²) in [5.74, 6) is 0.571. The number of hydrogen-bond acceptors (Lipinski definition) is 2. The van der Waals surface area contributed by atoms with E-state index in [-0.39, 0.29) is 17.6 Å². The third-order valence-corrected chi connectivity index (χ3v) is 4.18. The molecule has 0 radical (unpaired) electrons. The highest BCUT2D eigenvalue weighted by Crippen LogP contribution is 2.24. The number of carbonyl (C=O) groups excluding carboxylic acids is 2. The Morgan fingerprint density at radius 3 is 2.24 bits per heavy atom. The van der Waals surface area contributed by atoms with E-state index in [1.807, 2.05) is 29.2 Å². The Labute approximate surface area is 127 Å². The smallest absolute Gasteiger partial charge is 0.227 e. The molecule has 2 rings (SSSR count). The van der Waals surface area contributed by atoms with Crippen molar-refractivity contribution < 1.29 is 9.59 Å². The fourth-order valence-electron chi connectivity index (χ4n) is 3.07. The first-order valence-corrected chi connectivity index (χ1v) is 8.12. The Balaban J connectivity index is 2.10. The lowest BCUT2D eigenvalue weighted by Gasteiger charge is -2.17. The van der Waals surface area contributed by atoms with Crippen LogP contribution in [-0.2, 0) is 4.79 Å². The minimum Gasteiger partial charge on any atom is -0.312 e. The topological polar surface area (TPSA) is 37.4 Å². The van der Waals surface area contributed by atoms with Gasteiger partial charge in [0, 0.05) is 30.1 Å². The number of nitrogens with zero attached hydrogens (tertiary/aromatic N) is 1. The molecule has 1 aromatic carbocycles. The first kappa shape index (κ1) is 15.7. The number of ketones is 1. The molecule has 1 amide bonds. The Morgan fingerprint density at radius 1 is 1.14 bits per heavy atom. The van der Waals surface area contributed by atoms with Gasteiger partial charge in [-0.2, -0.15) is 0 Å². The Morgan fingerprint density at radius 2 is 1.76 bits per heavy atom. The van der Waals surface area contributed by atoms with Gasteiger partial charge in [-0.05, 0) is 43.5 Å². The van der Waals surface area contributed by atoms with Gasteiger partial charge in [0.15, 0.2) is 5.78 Å². The van der Waals surface area contributed by atoms with Crippen LogP contribution in [0.5, 0.6) is 0 Å². The van der Waals surface area contributed by atoms with Crippen molar-refractivity contribution >= 4 is 17.4 Å². The SMILES string of the molecule is CCCC(CCC)C(=O)c1ccc(N2CCCC2=O)cc1. The number of amides is 1. The van der Waals surface area contributed by atoms with Gasteiger partial charge >= 0.3 is 0 Å². The van der Waals surface area contributed by atoms with Gasteiger partial charge in [0.25, 0.3) is 0 Å². The van der Waals surface area contributed by atoms with E-state index in [4.69, 9.17) is 0 Å². The van der Waals surface area contributed by atoms with E-state index in [1.54, 1.807) is 0 Å². The predicted octanol–water partition coefficient (Wildman–Crippen LogP) is 4.21. The minimum absolute atomic E-state index is 0.138. The van der Waals surface area contributed by atoms with Gasteiger partial charge in [0.05, 0.1) is 0 Å². The molecule has 3 nitrogen and oxygen atoms in total. The van der Waals surface area contributed by atoms with E-state index in [2.05, 4.69) is 13.8 Å². The molecule has 21 heavy (non-hydrogen) atoms. The molecule has 114 valence electrons. The monoisotopic (exact) mass is 287 g/mol. The third-order valence-electron chi connectivity index (χ3n) is 4.18. The highest BCUT2D eigenvalue weighted by Gasteiger charge is 2.22. The van der Waals surface area contributed by atoms with Gasteiger partial charge in [0.1, 0.15) is 0 Å². The Bertz CT molecular complexity index is 486. The number of anilines is 1. The van der Waals surface area contributed by atoms with Crippen LogP contribution in [0, 0.1) is 5.92 Å². The van der Waals surface area contributed by atoms with Crippen molar-refractivity contribution in [3.63, 3.8) is 0 Å². The van der Waals surface area contributed by atoms with Crippen LogP contribution in [0.25, 0.3) is 0 Å². The molecule has 0 spiro atoms. The second-order valence-corrected chi connectivity index (χ2v) is 5.83. The highest BCUT2D eigenvalue weighted by atomic mass is 16.2. The fraction of sp³-hybridized carbons (Fsp3) is 0.556. The normalized spacial score (nSPS) is 15.0. The molecular weight excluding hydrogens is 262 g/mol. The van der Waals surface area contributed by atoms with Crippen LogP contribution in [0.4, 0.5) is 5.69 Å². The summed E-state index contributed by atoms with van der Waals surface area (Å²) in [6.45, 7) is 5.04. The van der Waals surface area contributed by atoms with Crippen LogP contribution in [0.2, 0.25) is 0 Å². The molecule has 0 N–H and O–H groups in total. The number of Topliss-reactive ketones (excluding diaryl/α,β-unsaturated/α-hetero) is 1. The predicted molar refractivity (Wildman–Crippen MR) is 85.7 cm³/mol. The van der Waals surface area contributed by atoms with Crippen molar-refractivity contribution in [3.8, 4) is 0 Å². The summed E-state index contributed by atoms with van der Waals surface area (Å²) in [5.41, 5.74) is 1.69. The second-order valence-electron chi connectivity index (χ2n) is 5.83. The van der Waals surface area contributed by atoms with Gasteiger partial charge < -0.3 is 4.90 Å². The molecule has 0 bridgehead atoms. The number of benzene rings is 1. The van der Waals surface area contributed by atoms with Crippen LogP contribution < -0.4 is 4.90 Å². The molecule has 3 heteroatoms. The van der Waals surface area contributed by atoms with Gasteiger partial charge in [0.2, 0.25) is 5.91 Å². The molecule has 0 aromatic heterocycles. The minimum atomic E-state index is 0.138. The molecular formula is C18H25NO2. The Kier molecular flexibility index (Phi) is 5.54. The number of carbonyl (C=O) groups is 2. The molecule has 1 aliphatic rings. The lowest BCUT2D eigenvalue weighted by molar-refractivity contribution is -0.117. The quantitative estimate of drug-likeness (QED) is 0.704. The van der Waals surface area contributed by atoms with Crippen molar-refractivity contribution in [1.29, 1.82) is 0 Å². The summed E-state index contributed by atoms with van der Waals surface area (Å²) < 4.78 is 0. The van der Waals surface area contributed by atoms with Crippen molar-refractivity contribution in [3.05, 3.63) is 29.8 Å². The number of rotatable bonds is 7. The van der Waals surface area contributed by atoms with Gasteiger partial charge in [-0.25, -0.2) is 0 Å². The van der Waals surface area contributed by atoms with Crippen LogP contribution in [0.1, 0.15) is 62.7 Å². The maximum atomic E-state index is 12.5. The summed E-state index contributed by atoms with van der Waals surface area (Å²) in [4.78, 5) is 26.1. The zero-order chi connectivity index (χ0) is 15.2. The lowest BCUT2D eigenvalue weighted by Crippen LogP contribution is -2.23. The molecule has 1 aliphatic heterocycles. The van der Waals surface area contributed by atoms with Crippen molar-refractivity contribution in [2.24, 2.45) is 5.92 Å². The first-order valence-electron chi connectivity index (χ1n) is 8.12. The first-order chi connectivity index (χ1) is 10.2. The van der Waals surface area contributed by atoms with Gasteiger partial charge in [-0.1, -0.05) is 26.7 Å². The molecule has 1 heterocycles. The van der Waals surface area contributed by atoms with E-state index in [1.165, 1.54) is 0 Å². The fourth-order valence-corrected chi connectivity index (χ4v) is 3.07.